The number of hydrogen-bond acceptors (Lipinski definition) is 1. The number of carbonyl (C=O) groups is 1. The van der Waals surface area contributed by atoms with Crippen molar-refractivity contribution in [1.82, 2.24) is 5.32 Å². The van der Waals surface area contributed by atoms with Gasteiger partial charge in [-0.25, -0.2) is 8.78 Å². The van der Waals surface area contributed by atoms with Crippen molar-refractivity contribution >= 4 is 5.91 Å². The van der Waals surface area contributed by atoms with Crippen LogP contribution in [-0.4, -0.2) is 5.91 Å². The minimum Gasteiger partial charge on any atom is -0.350 e. The van der Waals surface area contributed by atoms with E-state index in [4.69, 9.17) is 0 Å². The van der Waals surface area contributed by atoms with E-state index in [1.165, 1.54) is 19.1 Å². The van der Waals surface area contributed by atoms with Gasteiger partial charge in [0.15, 0.2) is 0 Å². The third-order valence-corrected chi connectivity index (χ3v) is 1.80. The molecular weight excluding hydrogens is 188 g/mol. The first kappa shape index (κ1) is 10.6. The van der Waals surface area contributed by atoms with E-state index >= 15 is 0 Å². The number of amides is 1. The Morgan fingerprint density at radius 3 is 2.21 bits per heavy atom. The van der Waals surface area contributed by atoms with Crippen molar-refractivity contribution in [3.05, 3.63) is 35.4 Å². The maximum atomic E-state index is 12.8. The molecule has 0 saturated carbocycles. The van der Waals surface area contributed by atoms with E-state index in [9.17, 15) is 13.6 Å². The van der Waals surface area contributed by atoms with Gasteiger partial charge in [-0.3, -0.25) is 4.79 Å². The summed E-state index contributed by atoms with van der Waals surface area (Å²) in [5.41, 5.74) is 0.415. The average Bonchev–Trinajstić information content (AvgIpc) is 2.00. The highest BCUT2D eigenvalue weighted by atomic mass is 19.1. The lowest BCUT2D eigenvalue weighted by molar-refractivity contribution is -0.119. The van der Waals surface area contributed by atoms with Crippen molar-refractivity contribution in [3.63, 3.8) is 0 Å². The Kier molecular flexibility index (Phi) is 3.17. The van der Waals surface area contributed by atoms with Gasteiger partial charge in [0.1, 0.15) is 11.6 Å². The maximum absolute atomic E-state index is 12.8. The van der Waals surface area contributed by atoms with E-state index < -0.39 is 17.7 Å². The van der Waals surface area contributed by atoms with Crippen LogP contribution in [0, 0.1) is 11.6 Å². The van der Waals surface area contributed by atoms with Gasteiger partial charge in [0.05, 0.1) is 6.04 Å². The molecule has 0 aliphatic carbocycles. The highest BCUT2D eigenvalue weighted by molar-refractivity contribution is 5.73. The van der Waals surface area contributed by atoms with Crippen LogP contribution in [0.25, 0.3) is 0 Å². The summed E-state index contributed by atoms with van der Waals surface area (Å²) >= 11 is 0. The molecular formula is C10H11F2NO. The fourth-order valence-electron chi connectivity index (χ4n) is 1.21. The summed E-state index contributed by atoms with van der Waals surface area (Å²) < 4.78 is 25.5. The lowest BCUT2D eigenvalue weighted by Gasteiger charge is -2.12. The molecule has 14 heavy (non-hydrogen) atoms. The molecule has 1 atom stereocenters. The van der Waals surface area contributed by atoms with Crippen LogP contribution in [0.3, 0.4) is 0 Å². The van der Waals surface area contributed by atoms with Gasteiger partial charge < -0.3 is 5.32 Å². The number of nitrogens with one attached hydrogen (secondary N) is 1. The molecule has 0 aliphatic rings. The molecule has 0 unspecified atom stereocenters. The minimum absolute atomic E-state index is 0.234. The zero-order valence-electron chi connectivity index (χ0n) is 7.97. The second-order valence-corrected chi connectivity index (χ2v) is 3.12. The molecule has 1 amide bonds. The smallest absolute Gasteiger partial charge is 0.217 e. The van der Waals surface area contributed by atoms with Crippen LogP contribution in [0.2, 0.25) is 0 Å². The van der Waals surface area contributed by atoms with Crippen molar-refractivity contribution in [3.8, 4) is 0 Å². The molecule has 1 rings (SSSR count). The standard InChI is InChI=1S/C10H11F2NO/c1-6(13-7(2)14)8-3-9(11)5-10(12)4-8/h3-6H,1-2H3,(H,13,14)/t6-/m1/s1. The van der Waals surface area contributed by atoms with Crippen LogP contribution < -0.4 is 5.32 Å². The van der Waals surface area contributed by atoms with E-state index in [-0.39, 0.29) is 5.91 Å². The lowest BCUT2D eigenvalue weighted by atomic mass is 10.1. The molecule has 0 heterocycles. The van der Waals surface area contributed by atoms with Crippen LogP contribution in [0.4, 0.5) is 8.78 Å². The average molecular weight is 199 g/mol. The van der Waals surface area contributed by atoms with Gasteiger partial charge in [-0.1, -0.05) is 0 Å². The second kappa shape index (κ2) is 4.17. The lowest BCUT2D eigenvalue weighted by Crippen LogP contribution is -2.23. The van der Waals surface area contributed by atoms with Crippen LogP contribution in [0.5, 0.6) is 0 Å². The first-order valence-corrected chi connectivity index (χ1v) is 4.22. The molecule has 0 spiro atoms. The summed E-state index contributed by atoms with van der Waals surface area (Å²) in [6, 6.07) is 2.80. The van der Waals surface area contributed by atoms with Gasteiger partial charge in [0, 0.05) is 13.0 Å². The van der Waals surface area contributed by atoms with Crippen LogP contribution in [-0.2, 0) is 4.79 Å². The van der Waals surface area contributed by atoms with Crippen molar-refractivity contribution in [2.75, 3.05) is 0 Å². The zero-order valence-corrected chi connectivity index (χ0v) is 7.97. The molecule has 4 heteroatoms. The summed E-state index contributed by atoms with van der Waals surface area (Å²) in [7, 11) is 0. The van der Waals surface area contributed by atoms with Crippen molar-refractivity contribution < 1.29 is 13.6 Å². The molecule has 0 radical (unpaired) electrons. The summed E-state index contributed by atoms with van der Waals surface area (Å²) in [6.07, 6.45) is 0. The highest BCUT2D eigenvalue weighted by Crippen LogP contribution is 2.15. The first-order chi connectivity index (χ1) is 6.49. The molecule has 0 aromatic heterocycles. The largest absolute Gasteiger partial charge is 0.350 e. The van der Waals surface area contributed by atoms with E-state index in [0.29, 0.717) is 5.56 Å². The first-order valence-electron chi connectivity index (χ1n) is 4.22. The van der Waals surface area contributed by atoms with Gasteiger partial charge in [-0.05, 0) is 24.6 Å². The van der Waals surface area contributed by atoms with E-state index in [2.05, 4.69) is 5.32 Å². The van der Waals surface area contributed by atoms with Gasteiger partial charge >= 0.3 is 0 Å². The van der Waals surface area contributed by atoms with Crippen molar-refractivity contribution in [1.29, 1.82) is 0 Å². The zero-order chi connectivity index (χ0) is 10.7. The Bertz CT molecular complexity index is 332. The third kappa shape index (κ3) is 2.80. The molecule has 1 aromatic rings. The molecule has 2 nitrogen and oxygen atoms in total. The molecule has 1 N–H and O–H groups in total. The van der Waals surface area contributed by atoms with Crippen LogP contribution in [0.15, 0.2) is 18.2 Å². The molecule has 76 valence electrons. The predicted octanol–water partition coefficient (Wildman–Crippen LogP) is 2.16. The SMILES string of the molecule is CC(=O)N[C@H](C)c1cc(F)cc(F)c1. The number of halogens is 2. The quantitative estimate of drug-likeness (QED) is 0.777. The minimum atomic E-state index is -0.641. The maximum Gasteiger partial charge on any atom is 0.217 e. The molecule has 0 fully saturated rings. The Morgan fingerprint density at radius 2 is 1.79 bits per heavy atom. The molecule has 1 aromatic carbocycles. The van der Waals surface area contributed by atoms with Gasteiger partial charge in [-0.2, -0.15) is 0 Å². The van der Waals surface area contributed by atoms with E-state index in [1.54, 1.807) is 6.92 Å². The fourth-order valence-corrected chi connectivity index (χ4v) is 1.21. The Balaban J connectivity index is 2.89. The summed E-state index contributed by atoms with van der Waals surface area (Å²) in [6.45, 7) is 3.02. The summed E-state index contributed by atoms with van der Waals surface area (Å²) in [4.78, 5) is 10.7. The predicted molar refractivity (Wildman–Crippen MR) is 48.6 cm³/mol. The summed E-state index contributed by atoms with van der Waals surface area (Å²) in [5.74, 6) is -1.52. The van der Waals surface area contributed by atoms with Crippen molar-refractivity contribution in [2.45, 2.75) is 19.9 Å². The number of hydrogen-bond donors (Lipinski definition) is 1. The number of rotatable bonds is 2. The van der Waals surface area contributed by atoms with Crippen LogP contribution in [0.1, 0.15) is 25.5 Å². The molecule has 0 saturated heterocycles. The summed E-state index contributed by atoms with van der Waals surface area (Å²) in [5, 5.41) is 2.54. The monoisotopic (exact) mass is 199 g/mol. The number of carbonyl (C=O) groups excluding carboxylic acids is 1. The van der Waals surface area contributed by atoms with E-state index in [0.717, 1.165) is 6.07 Å². The normalized spacial score (nSPS) is 12.3. The number of benzene rings is 1. The van der Waals surface area contributed by atoms with Gasteiger partial charge in [0.25, 0.3) is 0 Å². The topological polar surface area (TPSA) is 29.1 Å². The highest BCUT2D eigenvalue weighted by Gasteiger charge is 2.08. The Morgan fingerprint density at radius 1 is 1.29 bits per heavy atom. The third-order valence-electron chi connectivity index (χ3n) is 1.80. The Labute approximate surface area is 80.9 Å². The van der Waals surface area contributed by atoms with Crippen molar-refractivity contribution in [2.24, 2.45) is 0 Å². The molecule has 0 bridgehead atoms. The Hall–Kier alpha value is -1.45. The fraction of sp³-hybridized carbons (Fsp3) is 0.300. The second-order valence-electron chi connectivity index (χ2n) is 3.12. The van der Waals surface area contributed by atoms with E-state index in [1.807, 2.05) is 0 Å². The molecule has 0 aliphatic heterocycles. The van der Waals surface area contributed by atoms with Gasteiger partial charge in [-0.15, -0.1) is 0 Å². The van der Waals surface area contributed by atoms with Gasteiger partial charge in [0.2, 0.25) is 5.91 Å². The van der Waals surface area contributed by atoms with Crippen LogP contribution >= 0.6 is 0 Å².